The van der Waals surface area contributed by atoms with Crippen molar-refractivity contribution in [3.8, 4) is 0 Å². The fourth-order valence-electron chi connectivity index (χ4n) is 2.11. The normalized spacial score (nSPS) is 12.0. The molecule has 1 aromatic carbocycles. The molecule has 0 saturated carbocycles. The van der Waals surface area contributed by atoms with Crippen LogP contribution in [0.5, 0.6) is 0 Å². The predicted molar refractivity (Wildman–Crippen MR) is 86.4 cm³/mol. The second-order valence-corrected chi connectivity index (χ2v) is 5.54. The number of nitrogens with one attached hydrogen (secondary N) is 1. The van der Waals surface area contributed by atoms with Gasteiger partial charge in [0.15, 0.2) is 0 Å². The van der Waals surface area contributed by atoms with Crippen molar-refractivity contribution in [2.75, 3.05) is 5.32 Å². The van der Waals surface area contributed by atoms with E-state index in [1.165, 1.54) is 6.07 Å². The van der Waals surface area contributed by atoms with Crippen molar-refractivity contribution in [3.63, 3.8) is 0 Å². The van der Waals surface area contributed by atoms with Gasteiger partial charge in [-0.3, -0.25) is 10.1 Å². The van der Waals surface area contributed by atoms with E-state index in [4.69, 9.17) is 0 Å². The first-order valence-corrected chi connectivity index (χ1v) is 7.43. The van der Waals surface area contributed by atoms with E-state index in [9.17, 15) is 10.1 Å². The van der Waals surface area contributed by atoms with E-state index in [1.54, 1.807) is 18.3 Å². The molecule has 6 heteroatoms. The molecular formula is C15H16BrN3O2. The summed E-state index contributed by atoms with van der Waals surface area (Å²) in [5.74, 6) is 0. The van der Waals surface area contributed by atoms with E-state index < -0.39 is 0 Å². The number of halogens is 1. The quantitative estimate of drug-likeness (QED) is 0.485. The molecule has 0 spiro atoms. The number of hydrogen-bond donors (Lipinski definition) is 1. The van der Waals surface area contributed by atoms with Crippen LogP contribution in [0, 0.1) is 17.0 Å². The zero-order valence-electron chi connectivity index (χ0n) is 11.8. The molecule has 1 N–H and O–H groups in total. The topological polar surface area (TPSA) is 68.1 Å². The number of hydrogen-bond acceptors (Lipinski definition) is 4. The molecule has 21 heavy (non-hydrogen) atoms. The standard InChI is InChI=1S/C15H16BrN3O2/c1-3-14(11-5-4-6-13(8-11)19(20)21)18-12-7-10(2)15(16)17-9-12/h4-9,14,18H,3H2,1-2H3. The zero-order valence-corrected chi connectivity index (χ0v) is 13.4. The molecule has 1 atom stereocenters. The lowest BCUT2D eigenvalue weighted by Gasteiger charge is -2.19. The smallest absolute Gasteiger partial charge is 0.269 e. The van der Waals surface area contributed by atoms with E-state index >= 15 is 0 Å². The van der Waals surface area contributed by atoms with Gasteiger partial charge in [-0.25, -0.2) is 4.98 Å². The highest BCUT2D eigenvalue weighted by Crippen LogP contribution is 2.26. The molecule has 5 nitrogen and oxygen atoms in total. The molecule has 0 saturated heterocycles. The van der Waals surface area contributed by atoms with Crippen molar-refractivity contribution in [2.45, 2.75) is 26.3 Å². The van der Waals surface area contributed by atoms with Gasteiger partial charge in [0.1, 0.15) is 4.60 Å². The minimum atomic E-state index is -0.373. The summed E-state index contributed by atoms with van der Waals surface area (Å²) in [5.41, 5.74) is 2.94. The summed E-state index contributed by atoms with van der Waals surface area (Å²) in [6, 6.07) is 8.72. The van der Waals surface area contributed by atoms with Crippen LogP contribution in [0.2, 0.25) is 0 Å². The van der Waals surface area contributed by atoms with Crippen molar-refractivity contribution < 1.29 is 4.92 Å². The summed E-state index contributed by atoms with van der Waals surface area (Å²) >= 11 is 3.37. The molecule has 2 aromatic rings. The number of rotatable bonds is 5. The summed E-state index contributed by atoms with van der Waals surface area (Å²) in [6.45, 7) is 4.01. The maximum atomic E-state index is 10.9. The Balaban J connectivity index is 2.25. The molecule has 1 aromatic heterocycles. The molecule has 0 aliphatic heterocycles. The van der Waals surface area contributed by atoms with Crippen molar-refractivity contribution >= 4 is 27.3 Å². The highest BCUT2D eigenvalue weighted by Gasteiger charge is 2.13. The van der Waals surface area contributed by atoms with Crippen molar-refractivity contribution in [1.82, 2.24) is 4.98 Å². The van der Waals surface area contributed by atoms with Gasteiger partial charge in [0.2, 0.25) is 0 Å². The number of benzene rings is 1. The lowest BCUT2D eigenvalue weighted by molar-refractivity contribution is -0.384. The molecule has 0 aliphatic rings. The number of aryl methyl sites for hydroxylation is 1. The Hall–Kier alpha value is -1.95. The minimum Gasteiger partial charge on any atom is -0.377 e. The van der Waals surface area contributed by atoms with Gasteiger partial charge < -0.3 is 5.32 Å². The van der Waals surface area contributed by atoms with E-state index in [0.717, 1.165) is 27.8 Å². The summed E-state index contributed by atoms with van der Waals surface area (Å²) in [5, 5.41) is 14.2. The van der Waals surface area contributed by atoms with Gasteiger partial charge in [0.25, 0.3) is 5.69 Å². The number of non-ortho nitro benzene ring substituents is 1. The van der Waals surface area contributed by atoms with Crippen LogP contribution in [0.4, 0.5) is 11.4 Å². The van der Waals surface area contributed by atoms with Crippen molar-refractivity contribution in [1.29, 1.82) is 0 Å². The van der Waals surface area contributed by atoms with E-state index in [2.05, 4.69) is 26.2 Å². The molecule has 1 unspecified atom stereocenters. The molecule has 110 valence electrons. The Morgan fingerprint density at radius 3 is 2.81 bits per heavy atom. The number of aromatic nitrogens is 1. The van der Waals surface area contributed by atoms with Crippen LogP contribution in [-0.4, -0.2) is 9.91 Å². The van der Waals surface area contributed by atoms with Gasteiger partial charge in [-0.05, 0) is 46.5 Å². The Morgan fingerprint density at radius 1 is 1.43 bits per heavy atom. The third kappa shape index (κ3) is 3.78. The fourth-order valence-corrected chi connectivity index (χ4v) is 2.33. The molecule has 0 radical (unpaired) electrons. The summed E-state index contributed by atoms with van der Waals surface area (Å²) in [7, 11) is 0. The average Bonchev–Trinajstić information content (AvgIpc) is 2.48. The van der Waals surface area contributed by atoms with Gasteiger partial charge >= 0.3 is 0 Å². The number of pyridine rings is 1. The van der Waals surface area contributed by atoms with E-state index in [1.807, 2.05) is 26.0 Å². The van der Waals surface area contributed by atoms with Crippen molar-refractivity contribution in [2.24, 2.45) is 0 Å². The molecule has 0 amide bonds. The second-order valence-electron chi connectivity index (χ2n) is 4.79. The molecule has 2 rings (SSSR count). The Bertz CT molecular complexity index is 661. The highest BCUT2D eigenvalue weighted by molar-refractivity contribution is 9.10. The third-order valence-electron chi connectivity index (χ3n) is 3.25. The molecule has 0 fully saturated rings. The van der Waals surface area contributed by atoms with Crippen LogP contribution in [0.15, 0.2) is 41.1 Å². The minimum absolute atomic E-state index is 0.00674. The van der Waals surface area contributed by atoms with Crippen molar-refractivity contribution in [3.05, 3.63) is 62.4 Å². The summed E-state index contributed by atoms with van der Waals surface area (Å²) in [4.78, 5) is 14.8. The second kappa shape index (κ2) is 6.67. The molecule has 1 heterocycles. The largest absolute Gasteiger partial charge is 0.377 e. The summed E-state index contributed by atoms with van der Waals surface area (Å²) < 4.78 is 0.816. The SMILES string of the molecule is CCC(Nc1cnc(Br)c(C)c1)c1cccc([N+](=O)[O-])c1. The summed E-state index contributed by atoms with van der Waals surface area (Å²) in [6.07, 6.45) is 2.56. The van der Waals surface area contributed by atoms with Crippen LogP contribution in [0.25, 0.3) is 0 Å². The Labute approximate surface area is 131 Å². The highest BCUT2D eigenvalue weighted by atomic mass is 79.9. The molecule has 0 bridgehead atoms. The van der Waals surface area contributed by atoms with E-state index in [-0.39, 0.29) is 16.7 Å². The lowest BCUT2D eigenvalue weighted by atomic mass is 10.0. The first-order chi connectivity index (χ1) is 10.0. The number of nitro benzene ring substituents is 1. The number of anilines is 1. The maximum Gasteiger partial charge on any atom is 0.269 e. The molecule has 0 aliphatic carbocycles. The maximum absolute atomic E-state index is 10.9. The first kappa shape index (κ1) is 15.4. The Morgan fingerprint density at radius 2 is 2.19 bits per heavy atom. The van der Waals surface area contributed by atoms with Gasteiger partial charge in [-0.1, -0.05) is 19.1 Å². The predicted octanol–water partition coefficient (Wildman–Crippen LogP) is 4.62. The fraction of sp³-hybridized carbons (Fsp3) is 0.267. The zero-order chi connectivity index (χ0) is 15.4. The molecular weight excluding hydrogens is 334 g/mol. The van der Waals surface area contributed by atoms with Crippen LogP contribution < -0.4 is 5.32 Å². The average molecular weight is 350 g/mol. The van der Waals surface area contributed by atoms with Crippen LogP contribution in [0.3, 0.4) is 0 Å². The van der Waals surface area contributed by atoms with Gasteiger partial charge in [0.05, 0.1) is 22.8 Å². The van der Waals surface area contributed by atoms with Crippen LogP contribution in [0.1, 0.15) is 30.5 Å². The monoisotopic (exact) mass is 349 g/mol. The lowest BCUT2D eigenvalue weighted by Crippen LogP contribution is -2.10. The number of nitro groups is 1. The third-order valence-corrected chi connectivity index (χ3v) is 4.08. The van der Waals surface area contributed by atoms with Crippen LogP contribution >= 0.6 is 15.9 Å². The number of nitrogens with zero attached hydrogens (tertiary/aromatic N) is 2. The van der Waals surface area contributed by atoms with Gasteiger partial charge in [-0.15, -0.1) is 0 Å². The van der Waals surface area contributed by atoms with E-state index in [0.29, 0.717) is 0 Å². The van der Waals surface area contributed by atoms with Crippen LogP contribution in [-0.2, 0) is 0 Å². The first-order valence-electron chi connectivity index (χ1n) is 6.64. The van der Waals surface area contributed by atoms with Gasteiger partial charge in [-0.2, -0.15) is 0 Å². The Kier molecular flexibility index (Phi) is 4.90. The van der Waals surface area contributed by atoms with Gasteiger partial charge in [0, 0.05) is 12.1 Å².